The molecule has 1 aromatic heterocycles. The lowest BCUT2D eigenvalue weighted by atomic mass is 9.79. The molecule has 1 fully saturated rings. The molecule has 1 N–H and O–H groups in total. The number of rotatable bonds is 7. The summed E-state index contributed by atoms with van der Waals surface area (Å²) >= 11 is 0. The first-order valence-corrected chi connectivity index (χ1v) is 6.79. The summed E-state index contributed by atoms with van der Waals surface area (Å²) < 4.78 is 10.9. The molecule has 102 valence electrons. The van der Waals surface area contributed by atoms with Gasteiger partial charge in [0.15, 0.2) is 0 Å². The Morgan fingerprint density at radius 3 is 2.78 bits per heavy atom. The van der Waals surface area contributed by atoms with Gasteiger partial charge in [0, 0.05) is 19.6 Å². The van der Waals surface area contributed by atoms with Crippen LogP contribution in [0.2, 0.25) is 0 Å². The monoisotopic (exact) mass is 253 g/mol. The van der Waals surface area contributed by atoms with Gasteiger partial charge in [-0.1, -0.05) is 18.5 Å². The number of methoxy groups -OCH3 is 1. The highest BCUT2D eigenvalue weighted by Gasteiger charge is 2.43. The van der Waals surface area contributed by atoms with Crippen LogP contribution in [0.3, 0.4) is 0 Å². The Morgan fingerprint density at radius 1 is 1.50 bits per heavy atom. The Hall–Kier alpha value is -0.940. The SMILES string of the molecule is CCCC(Cc1nc(C2(OC)CCC2)no1)NC. The van der Waals surface area contributed by atoms with Crippen molar-refractivity contribution in [3.63, 3.8) is 0 Å². The molecule has 1 aliphatic carbocycles. The van der Waals surface area contributed by atoms with Crippen LogP contribution in [-0.2, 0) is 16.8 Å². The van der Waals surface area contributed by atoms with Gasteiger partial charge in [-0.15, -0.1) is 0 Å². The zero-order chi connectivity index (χ0) is 13.0. The van der Waals surface area contributed by atoms with E-state index in [2.05, 4.69) is 22.4 Å². The lowest BCUT2D eigenvalue weighted by Gasteiger charge is -2.37. The van der Waals surface area contributed by atoms with Crippen LogP contribution in [0.15, 0.2) is 4.52 Å². The van der Waals surface area contributed by atoms with Gasteiger partial charge in [-0.05, 0) is 32.7 Å². The number of hydrogen-bond donors (Lipinski definition) is 1. The first kappa shape index (κ1) is 13.5. The highest BCUT2D eigenvalue weighted by atomic mass is 16.5. The fourth-order valence-electron chi connectivity index (χ4n) is 2.45. The predicted octanol–water partition coefficient (Wildman–Crippen LogP) is 2.03. The molecular weight excluding hydrogens is 230 g/mol. The summed E-state index contributed by atoms with van der Waals surface area (Å²) in [7, 11) is 3.70. The summed E-state index contributed by atoms with van der Waals surface area (Å²) in [5.41, 5.74) is -0.276. The summed E-state index contributed by atoms with van der Waals surface area (Å²) in [5, 5.41) is 7.37. The quantitative estimate of drug-likeness (QED) is 0.805. The van der Waals surface area contributed by atoms with Crippen molar-refractivity contribution in [2.75, 3.05) is 14.2 Å². The third-order valence-electron chi connectivity index (χ3n) is 3.89. The van der Waals surface area contributed by atoms with Gasteiger partial charge in [0.25, 0.3) is 0 Å². The Labute approximate surface area is 108 Å². The molecule has 2 rings (SSSR count). The normalized spacial score (nSPS) is 19.5. The molecule has 1 unspecified atom stereocenters. The van der Waals surface area contributed by atoms with E-state index in [1.807, 2.05) is 7.05 Å². The highest BCUT2D eigenvalue weighted by Crippen LogP contribution is 2.42. The molecule has 1 heterocycles. The van der Waals surface area contributed by atoms with E-state index in [0.717, 1.165) is 37.9 Å². The van der Waals surface area contributed by atoms with Crippen molar-refractivity contribution in [3.8, 4) is 0 Å². The molecule has 0 saturated heterocycles. The number of hydrogen-bond acceptors (Lipinski definition) is 5. The molecule has 0 radical (unpaired) electrons. The Morgan fingerprint density at radius 2 is 2.28 bits per heavy atom. The first-order valence-electron chi connectivity index (χ1n) is 6.79. The van der Waals surface area contributed by atoms with Crippen molar-refractivity contribution < 1.29 is 9.26 Å². The van der Waals surface area contributed by atoms with Gasteiger partial charge in [0.2, 0.25) is 11.7 Å². The topological polar surface area (TPSA) is 60.2 Å². The van der Waals surface area contributed by atoms with Crippen molar-refractivity contribution in [1.82, 2.24) is 15.5 Å². The number of ether oxygens (including phenoxy) is 1. The van der Waals surface area contributed by atoms with E-state index in [1.165, 1.54) is 6.42 Å². The second kappa shape index (κ2) is 5.80. The van der Waals surface area contributed by atoms with Gasteiger partial charge in [0.05, 0.1) is 0 Å². The molecule has 0 spiro atoms. The fraction of sp³-hybridized carbons (Fsp3) is 0.846. The maximum atomic E-state index is 5.55. The van der Waals surface area contributed by atoms with E-state index in [4.69, 9.17) is 9.26 Å². The van der Waals surface area contributed by atoms with Gasteiger partial charge >= 0.3 is 0 Å². The number of nitrogens with one attached hydrogen (secondary N) is 1. The minimum absolute atomic E-state index is 0.276. The van der Waals surface area contributed by atoms with Crippen molar-refractivity contribution in [3.05, 3.63) is 11.7 Å². The average molecular weight is 253 g/mol. The summed E-state index contributed by atoms with van der Waals surface area (Å²) in [6.45, 7) is 2.18. The van der Waals surface area contributed by atoms with Gasteiger partial charge < -0.3 is 14.6 Å². The summed E-state index contributed by atoms with van der Waals surface area (Å²) in [6.07, 6.45) is 6.21. The third kappa shape index (κ3) is 2.57. The average Bonchev–Trinajstić information content (AvgIpc) is 2.77. The molecule has 5 nitrogen and oxygen atoms in total. The standard InChI is InChI=1S/C13H23N3O2/c1-4-6-10(14-2)9-11-15-12(16-18-11)13(17-3)7-5-8-13/h10,14H,4-9H2,1-3H3. The maximum absolute atomic E-state index is 5.55. The zero-order valence-electron chi connectivity index (χ0n) is 11.5. The molecule has 1 atom stereocenters. The zero-order valence-corrected chi connectivity index (χ0v) is 11.5. The second-order valence-corrected chi connectivity index (χ2v) is 5.04. The molecule has 0 bridgehead atoms. The van der Waals surface area contributed by atoms with Crippen LogP contribution in [0, 0.1) is 0 Å². The molecule has 0 aliphatic heterocycles. The van der Waals surface area contributed by atoms with Crippen LogP contribution in [0.25, 0.3) is 0 Å². The van der Waals surface area contributed by atoms with Gasteiger partial charge in [-0.3, -0.25) is 0 Å². The van der Waals surface area contributed by atoms with Crippen molar-refractivity contribution in [1.29, 1.82) is 0 Å². The smallest absolute Gasteiger partial charge is 0.228 e. The summed E-state index contributed by atoms with van der Waals surface area (Å²) in [5.74, 6) is 1.43. The van der Waals surface area contributed by atoms with Crippen LogP contribution in [0.1, 0.15) is 50.7 Å². The molecule has 1 aromatic rings. The second-order valence-electron chi connectivity index (χ2n) is 5.04. The maximum Gasteiger partial charge on any atom is 0.228 e. The molecule has 5 heteroatoms. The van der Waals surface area contributed by atoms with Gasteiger partial charge in [-0.2, -0.15) is 4.98 Å². The van der Waals surface area contributed by atoms with Crippen molar-refractivity contribution >= 4 is 0 Å². The lowest BCUT2D eigenvalue weighted by Crippen LogP contribution is -2.37. The van der Waals surface area contributed by atoms with E-state index in [0.29, 0.717) is 11.9 Å². The van der Waals surface area contributed by atoms with Crippen LogP contribution >= 0.6 is 0 Å². The number of aromatic nitrogens is 2. The van der Waals surface area contributed by atoms with E-state index in [9.17, 15) is 0 Å². The van der Waals surface area contributed by atoms with Gasteiger partial charge in [0.1, 0.15) is 5.60 Å². The first-order chi connectivity index (χ1) is 8.74. The Kier molecular flexibility index (Phi) is 4.35. The Balaban J connectivity index is 2.01. The summed E-state index contributed by atoms with van der Waals surface area (Å²) in [4.78, 5) is 4.50. The summed E-state index contributed by atoms with van der Waals surface area (Å²) in [6, 6.07) is 0.406. The van der Waals surface area contributed by atoms with E-state index < -0.39 is 0 Å². The molecule has 0 amide bonds. The van der Waals surface area contributed by atoms with Crippen LogP contribution in [0.4, 0.5) is 0 Å². The van der Waals surface area contributed by atoms with Crippen LogP contribution in [-0.4, -0.2) is 30.3 Å². The number of likely N-dealkylation sites (N-methyl/N-ethyl adjacent to an activating group) is 1. The minimum atomic E-state index is -0.276. The fourth-order valence-corrected chi connectivity index (χ4v) is 2.45. The number of nitrogens with zero attached hydrogens (tertiary/aromatic N) is 2. The molecular formula is C13H23N3O2. The predicted molar refractivity (Wildman–Crippen MR) is 68.3 cm³/mol. The molecule has 0 aromatic carbocycles. The van der Waals surface area contributed by atoms with Crippen LogP contribution < -0.4 is 5.32 Å². The van der Waals surface area contributed by atoms with Crippen LogP contribution in [0.5, 0.6) is 0 Å². The largest absolute Gasteiger partial charge is 0.370 e. The highest BCUT2D eigenvalue weighted by molar-refractivity contribution is 5.06. The van der Waals surface area contributed by atoms with E-state index >= 15 is 0 Å². The molecule has 1 saturated carbocycles. The van der Waals surface area contributed by atoms with Gasteiger partial charge in [-0.25, -0.2) is 0 Å². The lowest BCUT2D eigenvalue weighted by molar-refractivity contribution is -0.0858. The minimum Gasteiger partial charge on any atom is -0.370 e. The third-order valence-corrected chi connectivity index (χ3v) is 3.89. The van der Waals surface area contributed by atoms with Crippen molar-refractivity contribution in [2.24, 2.45) is 0 Å². The van der Waals surface area contributed by atoms with Crippen molar-refractivity contribution in [2.45, 2.75) is 57.1 Å². The molecule has 18 heavy (non-hydrogen) atoms. The van der Waals surface area contributed by atoms with E-state index in [-0.39, 0.29) is 5.60 Å². The van der Waals surface area contributed by atoms with E-state index in [1.54, 1.807) is 7.11 Å². The Bertz CT molecular complexity index is 369. The molecule has 1 aliphatic rings.